The third-order valence-corrected chi connectivity index (χ3v) is 14.2. The number of esters is 4. The second kappa shape index (κ2) is 18.8. The van der Waals surface area contributed by atoms with E-state index in [-0.39, 0.29) is 48.0 Å². The standard InChI is InChI=1S/C50H55NO16/c1-27-32(65-46(61)39(57)38(29-16-9-6-10-17-29)51-44(59)30-18-11-7-12-19-30)25-50(62)43(66-45(60)31-20-13-8-14-21-31)41-48(5,42(58)40(64-28(2)52)37(27)47(50,3)4)33(53)24-34-49(41,26-63-34)67-36(56)23-15-22-35(54)55/h6-14,16-21,32-34,38-41,43,53,57,62H,15,22-26H2,1-5H3,(H,51,59)(H,54,55)/t32-,33-,34+,38-,39+,40+,41-,43-,48+,49-,50+/m0/s1. The first-order valence-corrected chi connectivity index (χ1v) is 22.1. The van der Waals surface area contributed by atoms with E-state index in [2.05, 4.69) is 5.32 Å². The van der Waals surface area contributed by atoms with Gasteiger partial charge in [0, 0.05) is 43.6 Å². The van der Waals surface area contributed by atoms with Crippen LogP contribution in [0.4, 0.5) is 0 Å². The summed E-state index contributed by atoms with van der Waals surface area (Å²) in [6.07, 6.45) is -12.0. The number of hydrogen-bond donors (Lipinski definition) is 5. The van der Waals surface area contributed by atoms with Crippen molar-refractivity contribution in [1.82, 2.24) is 5.32 Å². The van der Waals surface area contributed by atoms with Crippen molar-refractivity contribution in [3.05, 3.63) is 119 Å². The van der Waals surface area contributed by atoms with Crippen molar-refractivity contribution in [3.63, 3.8) is 0 Å². The molecule has 17 nitrogen and oxygen atoms in total. The van der Waals surface area contributed by atoms with Gasteiger partial charge in [-0.25, -0.2) is 9.59 Å². The number of carbonyl (C=O) groups is 7. The van der Waals surface area contributed by atoms with Gasteiger partial charge in [0.05, 0.1) is 35.6 Å². The molecule has 0 aromatic heterocycles. The average molecular weight is 926 g/mol. The number of ether oxygens (including phenoxy) is 5. The highest BCUT2D eigenvalue weighted by Crippen LogP contribution is 2.64. The minimum atomic E-state index is -2.48. The Bertz CT molecular complexity index is 2440. The van der Waals surface area contributed by atoms with Crippen molar-refractivity contribution < 1.29 is 77.7 Å². The number of carboxylic acid groups (broad SMARTS) is 1. The number of carbonyl (C=O) groups excluding carboxylic acids is 6. The quantitative estimate of drug-likeness (QED) is 0.0871. The van der Waals surface area contributed by atoms with Crippen LogP contribution in [0.3, 0.4) is 0 Å². The summed E-state index contributed by atoms with van der Waals surface area (Å²) < 4.78 is 30.6. The van der Waals surface area contributed by atoms with Gasteiger partial charge in [-0.05, 0) is 61.2 Å². The molecule has 67 heavy (non-hydrogen) atoms. The van der Waals surface area contributed by atoms with E-state index in [1.54, 1.807) is 78.9 Å². The van der Waals surface area contributed by atoms with E-state index in [1.807, 2.05) is 0 Å². The Balaban J connectivity index is 1.38. The van der Waals surface area contributed by atoms with E-state index in [0.29, 0.717) is 5.56 Å². The first kappa shape index (κ1) is 48.7. The van der Waals surface area contributed by atoms with Gasteiger partial charge in [0.15, 0.2) is 23.6 Å². The lowest BCUT2D eigenvalue weighted by Gasteiger charge is -2.67. The highest BCUT2D eigenvalue weighted by Gasteiger charge is 2.78. The van der Waals surface area contributed by atoms with Gasteiger partial charge in [0.1, 0.15) is 23.9 Å². The lowest BCUT2D eigenvalue weighted by Crippen LogP contribution is -2.82. The van der Waals surface area contributed by atoms with E-state index in [4.69, 9.17) is 23.7 Å². The second-order valence-electron chi connectivity index (χ2n) is 18.5. The maximum absolute atomic E-state index is 15.7. The van der Waals surface area contributed by atoms with Gasteiger partial charge < -0.3 is 49.4 Å². The number of aliphatic carboxylic acids is 1. The summed E-state index contributed by atoms with van der Waals surface area (Å²) in [7, 11) is 0. The van der Waals surface area contributed by atoms with Gasteiger partial charge in [0.2, 0.25) is 0 Å². The van der Waals surface area contributed by atoms with Gasteiger partial charge in [-0.15, -0.1) is 0 Å². The molecule has 3 aliphatic carbocycles. The van der Waals surface area contributed by atoms with Crippen LogP contribution in [-0.4, -0.2) is 116 Å². The predicted octanol–water partition coefficient (Wildman–Crippen LogP) is 3.97. The van der Waals surface area contributed by atoms with Crippen molar-refractivity contribution in [1.29, 1.82) is 0 Å². The maximum atomic E-state index is 15.7. The van der Waals surface area contributed by atoms with Crippen molar-refractivity contribution in [2.75, 3.05) is 6.61 Å². The van der Waals surface area contributed by atoms with E-state index in [1.165, 1.54) is 39.8 Å². The monoisotopic (exact) mass is 925 g/mol. The van der Waals surface area contributed by atoms with Crippen LogP contribution in [0.1, 0.15) is 99.0 Å². The van der Waals surface area contributed by atoms with Gasteiger partial charge >= 0.3 is 29.8 Å². The molecule has 5 N–H and O–H groups in total. The molecule has 1 saturated heterocycles. The summed E-state index contributed by atoms with van der Waals surface area (Å²) >= 11 is 0. The summed E-state index contributed by atoms with van der Waals surface area (Å²) in [6, 6.07) is 22.6. The summed E-state index contributed by atoms with van der Waals surface area (Å²) in [5, 5.41) is 49.8. The molecule has 356 valence electrons. The second-order valence-corrected chi connectivity index (χ2v) is 18.5. The molecule has 2 saturated carbocycles. The number of amides is 1. The number of benzene rings is 3. The molecular weight excluding hydrogens is 871 g/mol. The maximum Gasteiger partial charge on any atom is 0.338 e. The molecule has 11 atom stereocenters. The van der Waals surface area contributed by atoms with Crippen molar-refractivity contribution in [2.45, 2.75) is 121 Å². The number of aliphatic hydroxyl groups excluding tert-OH is 2. The number of nitrogens with one attached hydrogen (secondary N) is 1. The highest BCUT2D eigenvalue weighted by atomic mass is 16.6. The number of ketones is 1. The van der Waals surface area contributed by atoms with Crippen molar-refractivity contribution >= 4 is 41.5 Å². The summed E-state index contributed by atoms with van der Waals surface area (Å²) in [5.41, 5.74) is -7.63. The van der Waals surface area contributed by atoms with Crippen LogP contribution >= 0.6 is 0 Å². The fraction of sp³-hybridized carbons (Fsp3) is 0.460. The minimum Gasteiger partial charge on any atom is -0.481 e. The SMILES string of the molecule is CC(=O)O[C@H]1C(=O)[C@@]2(C)[C@H]([C@H](OC(=O)c3ccccc3)[C@]3(O)C[C@H](OC(=O)[C@H](O)[C@@H](NC(=O)c4ccccc4)c4ccccc4)C(C)=C1C3(C)C)[C@]1(OC(=O)CCCC(=O)O)CO[C@@H]1C[C@@H]2O. The number of hydrogen-bond acceptors (Lipinski definition) is 15. The third kappa shape index (κ3) is 8.76. The molecule has 7 rings (SSSR count). The first-order chi connectivity index (χ1) is 31.7. The zero-order valence-electron chi connectivity index (χ0n) is 37.7. The fourth-order valence-corrected chi connectivity index (χ4v) is 10.6. The molecule has 1 aliphatic heterocycles. The molecule has 2 bridgehead atoms. The smallest absolute Gasteiger partial charge is 0.338 e. The number of Topliss-reactive ketones (excluding diaryl/α,β-unsaturated/α-hetero) is 1. The first-order valence-electron chi connectivity index (χ1n) is 22.1. The zero-order valence-corrected chi connectivity index (χ0v) is 37.7. The minimum absolute atomic E-state index is 0.0210. The zero-order chi connectivity index (χ0) is 48.6. The van der Waals surface area contributed by atoms with Crippen LogP contribution in [0, 0.1) is 16.7 Å². The Labute approximate surface area is 386 Å². The molecule has 3 aromatic rings. The molecule has 4 aliphatic rings. The summed E-state index contributed by atoms with van der Waals surface area (Å²) in [6.45, 7) is 6.54. The number of aliphatic hydroxyl groups is 3. The Kier molecular flexibility index (Phi) is 13.6. The van der Waals surface area contributed by atoms with E-state index in [0.717, 1.165) is 6.92 Å². The number of fused-ring (bicyclic) bond motifs is 5. The lowest BCUT2D eigenvalue weighted by molar-refractivity contribution is -0.346. The van der Waals surface area contributed by atoms with Gasteiger partial charge in [0.25, 0.3) is 5.91 Å². The van der Waals surface area contributed by atoms with E-state index < -0.39 is 125 Å². The van der Waals surface area contributed by atoms with Crippen LogP contribution in [0.15, 0.2) is 102 Å². The van der Waals surface area contributed by atoms with Gasteiger partial charge in [-0.2, -0.15) is 0 Å². The third-order valence-electron chi connectivity index (χ3n) is 14.2. The lowest BCUT2D eigenvalue weighted by atomic mass is 9.44. The predicted molar refractivity (Wildman–Crippen MR) is 234 cm³/mol. The highest BCUT2D eigenvalue weighted by molar-refractivity contribution is 5.96. The van der Waals surface area contributed by atoms with Crippen LogP contribution in [0.25, 0.3) is 0 Å². The molecule has 0 unspecified atom stereocenters. The van der Waals surface area contributed by atoms with Crippen LogP contribution in [0.2, 0.25) is 0 Å². The summed E-state index contributed by atoms with van der Waals surface area (Å²) in [4.78, 5) is 96.2. The molecular formula is C50H55NO16. The Morgan fingerprint density at radius 2 is 1.45 bits per heavy atom. The topological polar surface area (TPSA) is 259 Å². The number of rotatable bonds is 14. The molecule has 0 radical (unpaired) electrons. The largest absolute Gasteiger partial charge is 0.481 e. The van der Waals surface area contributed by atoms with Crippen molar-refractivity contribution in [3.8, 4) is 0 Å². The molecule has 3 fully saturated rings. The normalized spacial score (nSPS) is 30.3. The average Bonchev–Trinajstić information content (AvgIpc) is 3.29. The van der Waals surface area contributed by atoms with Crippen LogP contribution in [0.5, 0.6) is 0 Å². The van der Waals surface area contributed by atoms with Crippen molar-refractivity contribution in [2.24, 2.45) is 16.7 Å². The van der Waals surface area contributed by atoms with E-state index >= 15 is 4.79 Å². The molecule has 0 spiro atoms. The Morgan fingerprint density at radius 1 is 0.851 bits per heavy atom. The molecule has 17 heteroatoms. The molecule has 3 aromatic carbocycles. The van der Waals surface area contributed by atoms with E-state index in [9.17, 15) is 49.2 Å². The Morgan fingerprint density at radius 3 is 2.01 bits per heavy atom. The number of carboxylic acids is 1. The van der Waals surface area contributed by atoms with Gasteiger partial charge in [-0.1, -0.05) is 80.6 Å². The molecule has 1 amide bonds. The molecule has 1 heterocycles. The fourth-order valence-electron chi connectivity index (χ4n) is 10.6. The summed E-state index contributed by atoms with van der Waals surface area (Å²) in [5.74, 6) is -8.46. The Hall–Kier alpha value is -6.27. The van der Waals surface area contributed by atoms with Crippen LogP contribution in [-0.2, 0) is 47.7 Å². The van der Waals surface area contributed by atoms with Crippen LogP contribution < -0.4 is 5.32 Å². The van der Waals surface area contributed by atoms with Gasteiger partial charge in [-0.3, -0.25) is 24.0 Å².